The van der Waals surface area contributed by atoms with E-state index in [1.807, 2.05) is 0 Å². The topological polar surface area (TPSA) is 69.7 Å². The van der Waals surface area contributed by atoms with Crippen LogP contribution in [0.4, 0.5) is 0 Å². The summed E-state index contributed by atoms with van der Waals surface area (Å²) < 4.78 is 27.2. The van der Waals surface area contributed by atoms with Gasteiger partial charge >= 0.3 is 0 Å². The summed E-state index contributed by atoms with van der Waals surface area (Å²) in [5.74, 6) is -0.451. The van der Waals surface area contributed by atoms with Crippen LogP contribution in [0.25, 0.3) is 0 Å². The van der Waals surface area contributed by atoms with Crippen molar-refractivity contribution in [1.29, 1.82) is 0 Å². The predicted molar refractivity (Wildman–Crippen MR) is 136 cm³/mol. The molecule has 1 N–H and O–H groups in total. The lowest BCUT2D eigenvalue weighted by Crippen LogP contribution is -2.43. The van der Waals surface area contributed by atoms with E-state index in [-0.39, 0.29) is 17.6 Å². The fourth-order valence-corrected chi connectivity index (χ4v) is 6.95. The van der Waals surface area contributed by atoms with E-state index in [2.05, 4.69) is 34.5 Å². The predicted octanol–water partition coefficient (Wildman–Crippen LogP) is 4.45. The van der Waals surface area contributed by atoms with Crippen molar-refractivity contribution in [2.24, 2.45) is 5.92 Å². The number of rotatable bonds is 8. The molecule has 2 saturated heterocycles. The molecule has 0 radical (unpaired) electrons. The first-order valence-corrected chi connectivity index (χ1v) is 14.2. The fraction of sp³-hybridized carbons (Fsp3) is 0.480. The summed E-state index contributed by atoms with van der Waals surface area (Å²) in [4.78, 5) is 15.1. The zero-order chi connectivity index (χ0) is 24.1. The molecule has 0 spiro atoms. The number of carbonyl (C=O) groups excluding carboxylic acids is 1. The fourth-order valence-electron chi connectivity index (χ4n) is 4.64. The maximum atomic E-state index is 12.9. The van der Waals surface area contributed by atoms with Crippen molar-refractivity contribution in [3.63, 3.8) is 0 Å². The summed E-state index contributed by atoms with van der Waals surface area (Å²) in [6.07, 6.45) is 3.56. The lowest BCUT2D eigenvalue weighted by molar-refractivity contribution is -0.126. The highest BCUT2D eigenvalue weighted by Crippen LogP contribution is 2.29. The number of halogens is 2. The molecule has 0 bridgehead atoms. The third-order valence-corrected chi connectivity index (χ3v) is 9.21. The number of amides is 1. The van der Waals surface area contributed by atoms with Gasteiger partial charge in [0.05, 0.1) is 5.75 Å². The van der Waals surface area contributed by atoms with E-state index in [4.69, 9.17) is 23.2 Å². The number of hydrogen-bond donors (Lipinski definition) is 1. The Morgan fingerprint density at radius 3 is 2.12 bits per heavy atom. The first-order valence-electron chi connectivity index (χ1n) is 11.8. The lowest BCUT2D eigenvalue weighted by atomic mass is 9.97. The van der Waals surface area contributed by atoms with Gasteiger partial charge in [0.25, 0.3) is 0 Å². The summed E-state index contributed by atoms with van der Waals surface area (Å²) in [6, 6.07) is 13.4. The van der Waals surface area contributed by atoms with Crippen molar-refractivity contribution in [3.05, 3.63) is 69.2 Å². The summed E-state index contributed by atoms with van der Waals surface area (Å²) in [5, 5.41) is 3.70. The molecule has 0 saturated carbocycles. The van der Waals surface area contributed by atoms with Crippen LogP contribution < -0.4 is 5.32 Å². The van der Waals surface area contributed by atoms with Crippen LogP contribution in [0.5, 0.6) is 0 Å². The Morgan fingerprint density at radius 2 is 1.50 bits per heavy atom. The molecule has 34 heavy (non-hydrogen) atoms. The Balaban J connectivity index is 1.24. The first-order chi connectivity index (χ1) is 16.3. The molecule has 6 nitrogen and oxygen atoms in total. The Labute approximate surface area is 212 Å². The summed E-state index contributed by atoms with van der Waals surface area (Å²) in [5.41, 5.74) is 2.77. The van der Waals surface area contributed by atoms with E-state index in [0.29, 0.717) is 48.1 Å². The first kappa shape index (κ1) is 25.5. The van der Waals surface area contributed by atoms with Crippen molar-refractivity contribution < 1.29 is 13.2 Å². The van der Waals surface area contributed by atoms with Gasteiger partial charge < -0.3 is 5.32 Å². The van der Waals surface area contributed by atoms with Crippen LogP contribution in [-0.2, 0) is 33.7 Å². The molecular weight excluding hydrogens is 493 g/mol. The average Bonchev–Trinajstić information content (AvgIpc) is 3.34. The molecule has 0 aliphatic carbocycles. The van der Waals surface area contributed by atoms with Gasteiger partial charge in [0.1, 0.15) is 0 Å². The van der Waals surface area contributed by atoms with Gasteiger partial charge in [-0.3, -0.25) is 9.69 Å². The molecule has 2 aromatic carbocycles. The smallest absolute Gasteiger partial charge is 0.223 e. The van der Waals surface area contributed by atoms with Crippen LogP contribution in [0.2, 0.25) is 10.0 Å². The summed E-state index contributed by atoms with van der Waals surface area (Å²) >= 11 is 12.3. The van der Waals surface area contributed by atoms with Crippen LogP contribution in [-0.4, -0.2) is 49.7 Å². The molecule has 184 valence electrons. The van der Waals surface area contributed by atoms with Crippen LogP contribution in [0, 0.1) is 5.92 Å². The highest BCUT2D eigenvalue weighted by Gasteiger charge is 2.32. The van der Waals surface area contributed by atoms with E-state index in [9.17, 15) is 13.2 Å². The number of benzene rings is 2. The molecule has 9 heteroatoms. The van der Waals surface area contributed by atoms with Crippen molar-refractivity contribution in [1.82, 2.24) is 14.5 Å². The zero-order valence-electron chi connectivity index (χ0n) is 19.2. The SMILES string of the molecule is O=C(NCc1ccc(CN2CCCC2)cc1)C1CCN(S(=O)(=O)Cc2c(Cl)cccc2Cl)CC1. The highest BCUT2D eigenvalue weighted by atomic mass is 35.5. The molecule has 2 heterocycles. The van der Waals surface area contributed by atoms with Gasteiger partial charge in [-0.05, 0) is 62.0 Å². The van der Waals surface area contributed by atoms with Gasteiger partial charge in [-0.15, -0.1) is 0 Å². The third-order valence-electron chi connectivity index (χ3n) is 6.70. The van der Waals surface area contributed by atoms with Crippen molar-refractivity contribution in [2.45, 2.75) is 44.5 Å². The second-order valence-corrected chi connectivity index (χ2v) is 11.9. The highest BCUT2D eigenvalue weighted by molar-refractivity contribution is 7.88. The summed E-state index contributed by atoms with van der Waals surface area (Å²) in [6.45, 7) is 4.43. The number of hydrogen-bond acceptors (Lipinski definition) is 4. The normalized spacial score (nSPS) is 18.3. The maximum absolute atomic E-state index is 12.9. The number of nitrogens with zero attached hydrogens (tertiary/aromatic N) is 2. The number of likely N-dealkylation sites (tertiary alicyclic amines) is 1. The minimum atomic E-state index is -3.57. The van der Waals surface area contributed by atoms with Crippen LogP contribution in [0.1, 0.15) is 42.4 Å². The Hall–Kier alpha value is -1.64. The Morgan fingerprint density at radius 1 is 0.912 bits per heavy atom. The number of sulfonamides is 1. The van der Waals surface area contributed by atoms with Gasteiger partial charge in [-0.1, -0.05) is 53.5 Å². The standard InChI is InChI=1S/C25H31Cl2N3O3S/c26-23-4-3-5-24(27)22(23)18-34(32,33)30-14-10-21(11-15-30)25(31)28-16-19-6-8-20(9-7-19)17-29-12-1-2-13-29/h3-9,21H,1-2,10-18H2,(H,28,31). The quantitative estimate of drug-likeness (QED) is 0.554. The van der Waals surface area contributed by atoms with E-state index in [1.54, 1.807) is 18.2 Å². The Kier molecular flexibility index (Phi) is 8.53. The number of nitrogens with one attached hydrogen (secondary N) is 1. The van der Waals surface area contributed by atoms with Gasteiger partial charge in [0.15, 0.2) is 0 Å². The molecule has 0 atom stereocenters. The van der Waals surface area contributed by atoms with Gasteiger partial charge in [-0.25, -0.2) is 12.7 Å². The van der Waals surface area contributed by atoms with Gasteiger partial charge in [0.2, 0.25) is 15.9 Å². The summed E-state index contributed by atoms with van der Waals surface area (Å²) in [7, 11) is -3.57. The average molecular weight is 525 g/mol. The van der Waals surface area contributed by atoms with Crippen LogP contribution in [0.15, 0.2) is 42.5 Å². The second kappa shape index (κ2) is 11.4. The van der Waals surface area contributed by atoms with Crippen molar-refractivity contribution in [2.75, 3.05) is 26.2 Å². The maximum Gasteiger partial charge on any atom is 0.223 e. The van der Waals surface area contributed by atoms with E-state index >= 15 is 0 Å². The molecule has 2 aliphatic heterocycles. The Bertz CT molecular complexity index is 1070. The molecule has 0 unspecified atom stereocenters. The molecule has 0 aromatic heterocycles. The van der Waals surface area contributed by atoms with E-state index < -0.39 is 10.0 Å². The van der Waals surface area contributed by atoms with Crippen molar-refractivity contribution >= 4 is 39.1 Å². The second-order valence-electron chi connectivity index (χ2n) is 9.15. The molecule has 1 amide bonds. The lowest BCUT2D eigenvalue weighted by Gasteiger charge is -2.30. The molecule has 2 aliphatic rings. The van der Waals surface area contributed by atoms with Crippen LogP contribution in [0.3, 0.4) is 0 Å². The molecule has 4 rings (SSSR count). The van der Waals surface area contributed by atoms with Crippen LogP contribution >= 0.6 is 23.2 Å². The third kappa shape index (κ3) is 6.52. The number of carbonyl (C=O) groups is 1. The van der Waals surface area contributed by atoms with E-state index in [1.165, 1.54) is 35.8 Å². The zero-order valence-corrected chi connectivity index (χ0v) is 21.5. The largest absolute Gasteiger partial charge is 0.352 e. The van der Waals surface area contributed by atoms with Gasteiger partial charge in [0, 0.05) is 47.7 Å². The monoisotopic (exact) mass is 523 g/mol. The minimum absolute atomic E-state index is 0.0210. The van der Waals surface area contributed by atoms with E-state index in [0.717, 1.165) is 12.1 Å². The molecule has 2 aromatic rings. The van der Waals surface area contributed by atoms with Gasteiger partial charge in [-0.2, -0.15) is 0 Å². The molecular formula is C25H31Cl2N3O3S. The van der Waals surface area contributed by atoms with Crippen molar-refractivity contribution in [3.8, 4) is 0 Å². The minimum Gasteiger partial charge on any atom is -0.352 e. The molecule has 2 fully saturated rings. The number of piperidine rings is 1.